The van der Waals surface area contributed by atoms with Crippen molar-refractivity contribution in [2.75, 3.05) is 18.0 Å². The van der Waals surface area contributed by atoms with Crippen LogP contribution in [0, 0.1) is 11.8 Å². The van der Waals surface area contributed by atoms with Crippen LogP contribution in [0.25, 0.3) is 11.1 Å². The molecule has 1 aliphatic rings. The topological polar surface area (TPSA) is 127 Å². The average Bonchev–Trinajstić information content (AvgIpc) is 2.92. The molecular weight excluding hydrogens is 494 g/mol. The highest BCUT2D eigenvalue weighted by atomic mass is 32.2. The first kappa shape index (κ1) is 25.9. The van der Waals surface area contributed by atoms with E-state index < -0.39 is 28.1 Å². The number of sulfonamides is 1. The van der Waals surface area contributed by atoms with Crippen molar-refractivity contribution in [1.82, 2.24) is 9.79 Å². The maximum atomic E-state index is 13.5. The zero-order chi connectivity index (χ0) is 26.6. The van der Waals surface area contributed by atoms with Crippen LogP contribution < -0.4 is 10.4 Å². The molecule has 3 aromatic rings. The summed E-state index contributed by atoms with van der Waals surface area (Å²) in [6.45, 7) is 1.77. The van der Waals surface area contributed by atoms with Gasteiger partial charge in [-0.15, -0.1) is 5.92 Å². The summed E-state index contributed by atoms with van der Waals surface area (Å²) in [5, 5.41) is 18.7. The Morgan fingerprint density at radius 1 is 1.03 bits per heavy atom. The minimum atomic E-state index is -4.07. The van der Waals surface area contributed by atoms with Crippen molar-refractivity contribution in [3.05, 3.63) is 83.9 Å². The number of nitrogens with zero attached hydrogens (tertiary/aromatic N) is 2. The third kappa shape index (κ3) is 5.20. The normalized spacial score (nSPS) is 15.1. The van der Waals surface area contributed by atoms with Gasteiger partial charge in [-0.2, -0.15) is 4.31 Å². The molecule has 10 heteroatoms. The van der Waals surface area contributed by atoms with Crippen molar-refractivity contribution in [3.8, 4) is 23.0 Å². The molecule has 0 bridgehead atoms. The second kappa shape index (κ2) is 10.8. The van der Waals surface area contributed by atoms with Crippen molar-refractivity contribution < 1.29 is 28.3 Å². The van der Waals surface area contributed by atoms with Gasteiger partial charge in [0.2, 0.25) is 10.0 Å². The first-order chi connectivity index (χ1) is 17.8. The summed E-state index contributed by atoms with van der Waals surface area (Å²) in [6, 6.07) is 18.9. The van der Waals surface area contributed by atoms with E-state index in [1.165, 1.54) is 12.1 Å². The number of rotatable bonds is 6. The Kier molecular flexibility index (Phi) is 7.59. The van der Waals surface area contributed by atoms with Crippen molar-refractivity contribution in [2.45, 2.75) is 24.3 Å². The number of benzene rings is 3. The lowest BCUT2D eigenvalue weighted by molar-refractivity contribution is -0.133. The Morgan fingerprint density at radius 3 is 2.24 bits per heavy atom. The van der Waals surface area contributed by atoms with Crippen LogP contribution in [0.5, 0.6) is 0 Å². The van der Waals surface area contributed by atoms with E-state index in [1.54, 1.807) is 60.9 Å². The van der Waals surface area contributed by atoms with Gasteiger partial charge in [0, 0.05) is 12.2 Å². The molecule has 0 saturated heterocycles. The van der Waals surface area contributed by atoms with Crippen LogP contribution in [0.2, 0.25) is 0 Å². The molecule has 0 fully saturated rings. The first-order valence-corrected chi connectivity index (χ1v) is 12.9. The Bertz CT molecular complexity index is 1480. The molecule has 4 rings (SSSR count). The minimum Gasteiger partial charge on any atom is -0.465 e. The molecule has 0 spiro atoms. The summed E-state index contributed by atoms with van der Waals surface area (Å²) < 4.78 is 28.2. The van der Waals surface area contributed by atoms with Crippen molar-refractivity contribution in [3.63, 3.8) is 0 Å². The molecule has 1 aliphatic heterocycles. The molecule has 3 aromatic carbocycles. The van der Waals surface area contributed by atoms with Gasteiger partial charge in [-0.3, -0.25) is 14.9 Å². The maximum absolute atomic E-state index is 13.5. The number of hydroxylamine groups is 1. The number of amides is 2. The standard InChI is InChI=1S/C27H25N3O6S/c1-2-3-17-29(27(32)33)22-12-8-19(9-13-22)20-10-14-23(15-11-20)37(35,36)30-18-16-21-6-4-5-7-24(21)25(30)26(31)28-34/h4-15,25,34H,16-18H2,1H3,(H,28,31)(H,32,33)/t25-/m0/s1. The molecule has 9 nitrogen and oxygen atoms in total. The summed E-state index contributed by atoms with van der Waals surface area (Å²) in [7, 11) is -4.07. The van der Waals surface area contributed by atoms with Crippen LogP contribution in [0.1, 0.15) is 24.1 Å². The second-order valence-corrected chi connectivity index (χ2v) is 10.2. The van der Waals surface area contributed by atoms with Crippen LogP contribution in [-0.2, 0) is 21.2 Å². The monoisotopic (exact) mass is 519 g/mol. The van der Waals surface area contributed by atoms with Gasteiger partial charge < -0.3 is 5.11 Å². The SMILES string of the molecule is CC#CCN(C(=O)O)c1ccc(-c2ccc(S(=O)(=O)N3CCc4ccccc4[C@H]3C(=O)NO)cc2)cc1. The quantitative estimate of drug-likeness (QED) is 0.259. The number of nitrogens with one attached hydrogen (secondary N) is 1. The molecule has 190 valence electrons. The zero-order valence-electron chi connectivity index (χ0n) is 20.0. The fourth-order valence-corrected chi connectivity index (χ4v) is 5.92. The highest BCUT2D eigenvalue weighted by molar-refractivity contribution is 7.89. The number of carbonyl (C=O) groups excluding carboxylic acids is 1. The molecule has 0 aliphatic carbocycles. The van der Waals surface area contributed by atoms with Crippen LogP contribution in [-0.4, -0.2) is 48.1 Å². The summed E-state index contributed by atoms with van der Waals surface area (Å²) >= 11 is 0. The van der Waals surface area contributed by atoms with Crippen molar-refractivity contribution in [2.24, 2.45) is 0 Å². The largest absolute Gasteiger partial charge is 0.465 e. The van der Waals surface area contributed by atoms with E-state index in [9.17, 15) is 28.3 Å². The third-order valence-electron chi connectivity index (χ3n) is 6.22. The lowest BCUT2D eigenvalue weighted by Crippen LogP contribution is -2.46. The van der Waals surface area contributed by atoms with Gasteiger partial charge in [0.15, 0.2) is 0 Å². The summed E-state index contributed by atoms with van der Waals surface area (Å²) in [4.78, 5) is 25.2. The molecule has 3 N–H and O–H groups in total. The Morgan fingerprint density at radius 2 is 1.65 bits per heavy atom. The van der Waals surface area contributed by atoms with Gasteiger partial charge in [-0.1, -0.05) is 54.5 Å². The van der Waals surface area contributed by atoms with Gasteiger partial charge >= 0.3 is 6.09 Å². The molecule has 2 amide bonds. The molecule has 0 aromatic heterocycles. The smallest absolute Gasteiger partial charge is 0.412 e. The molecule has 1 heterocycles. The van der Waals surface area contributed by atoms with E-state index in [4.69, 9.17) is 0 Å². The van der Waals surface area contributed by atoms with E-state index in [2.05, 4.69) is 11.8 Å². The van der Waals surface area contributed by atoms with E-state index in [-0.39, 0.29) is 18.0 Å². The number of anilines is 1. The lowest BCUT2D eigenvalue weighted by atomic mass is 9.94. The number of hydrogen-bond donors (Lipinski definition) is 3. The molecule has 0 unspecified atom stereocenters. The third-order valence-corrected chi connectivity index (χ3v) is 8.09. The van der Waals surface area contributed by atoms with Crippen LogP contribution in [0.4, 0.5) is 10.5 Å². The van der Waals surface area contributed by atoms with Crippen LogP contribution >= 0.6 is 0 Å². The lowest BCUT2D eigenvalue weighted by Gasteiger charge is -2.34. The molecule has 1 atom stereocenters. The summed E-state index contributed by atoms with van der Waals surface area (Å²) in [5.41, 5.74) is 4.95. The first-order valence-electron chi connectivity index (χ1n) is 11.4. The highest BCUT2D eigenvalue weighted by Gasteiger charge is 2.40. The van der Waals surface area contributed by atoms with Gasteiger partial charge in [-0.25, -0.2) is 18.7 Å². The Balaban J connectivity index is 1.60. The minimum absolute atomic E-state index is 0.0122. The maximum Gasteiger partial charge on any atom is 0.412 e. The Labute approximate surface area is 215 Å². The van der Waals surface area contributed by atoms with Crippen LogP contribution in [0.3, 0.4) is 0 Å². The molecule has 0 radical (unpaired) electrons. The van der Waals surface area contributed by atoms with Gasteiger partial charge in [0.25, 0.3) is 5.91 Å². The average molecular weight is 520 g/mol. The van der Waals surface area contributed by atoms with E-state index in [0.29, 0.717) is 17.7 Å². The Hall–Kier alpha value is -4.17. The fraction of sp³-hybridized carbons (Fsp3) is 0.185. The summed E-state index contributed by atoms with van der Waals surface area (Å²) in [5.74, 6) is 4.59. The highest BCUT2D eigenvalue weighted by Crippen LogP contribution is 2.35. The predicted molar refractivity (Wildman–Crippen MR) is 137 cm³/mol. The zero-order valence-corrected chi connectivity index (χ0v) is 20.8. The number of fused-ring (bicyclic) bond motifs is 1. The predicted octanol–water partition coefficient (Wildman–Crippen LogP) is 3.65. The molecule has 37 heavy (non-hydrogen) atoms. The summed E-state index contributed by atoms with van der Waals surface area (Å²) in [6.07, 6.45) is -0.676. The molecule has 0 saturated carbocycles. The van der Waals surface area contributed by atoms with E-state index >= 15 is 0 Å². The number of carboxylic acid groups (broad SMARTS) is 1. The number of hydrogen-bond acceptors (Lipinski definition) is 5. The second-order valence-electron chi connectivity index (χ2n) is 8.31. The van der Waals surface area contributed by atoms with Crippen molar-refractivity contribution >= 4 is 27.7 Å². The molecular formula is C27H25N3O6S. The van der Waals surface area contributed by atoms with Gasteiger partial charge in [-0.05, 0) is 59.9 Å². The fourth-order valence-electron chi connectivity index (χ4n) is 4.35. The van der Waals surface area contributed by atoms with Crippen LogP contribution in [0.15, 0.2) is 77.7 Å². The van der Waals surface area contributed by atoms with Crippen molar-refractivity contribution in [1.29, 1.82) is 0 Å². The van der Waals surface area contributed by atoms with Gasteiger partial charge in [0.1, 0.15) is 6.04 Å². The van der Waals surface area contributed by atoms with E-state index in [0.717, 1.165) is 25.9 Å². The van der Waals surface area contributed by atoms with Gasteiger partial charge in [0.05, 0.1) is 11.4 Å². The number of carbonyl (C=O) groups is 2. The van der Waals surface area contributed by atoms with E-state index in [1.807, 2.05) is 12.1 Å².